The average Bonchev–Trinajstić information content (AvgIpc) is 2.91. The third-order valence-electron chi connectivity index (χ3n) is 3.77. The topological polar surface area (TPSA) is 47.0 Å². The molecule has 0 atom stereocenters. The molecule has 1 aliphatic carbocycles. The van der Waals surface area contributed by atoms with E-state index in [1.54, 1.807) is 17.4 Å². The van der Waals surface area contributed by atoms with Crippen LogP contribution in [-0.2, 0) is 0 Å². The SMILES string of the molecule is Fc1ccc(I)c(OC2CC(Nc3nc4ccccc4s3)C2)n1. The maximum Gasteiger partial charge on any atom is 0.230 e. The van der Waals surface area contributed by atoms with Gasteiger partial charge in [0.1, 0.15) is 6.10 Å². The monoisotopic (exact) mass is 441 g/mol. The number of benzene rings is 1. The van der Waals surface area contributed by atoms with Gasteiger partial charge in [-0.25, -0.2) is 4.98 Å². The highest BCUT2D eigenvalue weighted by Crippen LogP contribution is 2.32. The lowest BCUT2D eigenvalue weighted by Gasteiger charge is -2.35. The molecule has 0 saturated heterocycles. The minimum atomic E-state index is -0.510. The Morgan fingerprint density at radius 1 is 1.17 bits per heavy atom. The summed E-state index contributed by atoms with van der Waals surface area (Å²) >= 11 is 3.76. The molecule has 0 bridgehead atoms. The summed E-state index contributed by atoms with van der Waals surface area (Å²) in [6.07, 6.45) is 1.80. The Labute approximate surface area is 150 Å². The fraction of sp³-hybridized carbons (Fsp3) is 0.250. The number of para-hydroxylation sites is 1. The van der Waals surface area contributed by atoms with E-state index in [0.29, 0.717) is 11.9 Å². The second-order valence-corrected chi connectivity index (χ2v) is 7.65. The van der Waals surface area contributed by atoms with Gasteiger partial charge >= 0.3 is 0 Å². The highest BCUT2D eigenvalue weighted by Gasteiger charge is 2.32. The van der Waals surface area contributed by atoms with Gasteiger partial charge in [-0.15, -0.1) is 0 Å². The predicted octanol–water partition coefficient (Wildman–Crippen LogP) is 4.46. The van der Waals surface area contributed by atoms with Crippen LogP contribution in [-0.4, -0.2) is 22.1 Å². The van der Waals surface area contributed by atoms with Gasteiger partial charge in [-0.1, -0.05) is 23.5 Å². The molecular formula is C16H13FIN3OS. The molecule has 118 valence electrons. The van der Waals surface area contributed by atoms with Crippen molar-refractivity contribution in [2.45, 2.75) is 25.0 Å². The zero-order chi connectivity index (χ0) is 15.8. The number of pyridine rings is 1. The van der Waals surface area contributed by atoms with E-state index in [1.165, 1.54) is 10.8 Å². The molecule has 0 unspecified atom stereocenters. The van der Waals surface area contributed by atoms with E-state index < -0.39 is 5.95 Å². The first kappa shape index (κ1) is 15.1. The van der Waals surface area contributed by atoms with Crippen molar-refractivity contribution in [3.05, 3.63) is 45.9 Å². The number of fused-ring (bicyclic) bond motifs is 1. The lowest BCUT2D eigenvalue weighted by molar-refractivity contribution is 0.101. The van der Waals surface area contributed by atoms with Gasteiger partial charge in [-0.2, -0.15) is 9.37 Å². The van der Waals surface area contributed by atoms with Crippen LogP contribution >= 0.6 is 33.9 Å². The Hall–Kier alpha value is -1.48. The van der Waals surface area contributed by atoms with Gasteiger partial charge in [0.15, 0.2) is 5.13 Å². The van der Waals surface area contributed by atoms with Crippen LogP contribution in [0.3, 0.4) is 0 Å². The van der Waals surface area contributed by atoms with Gasteiger partial charge in [0.2, 0.25) is 11.8 Å². The molecule has 1 fully saturated rings. The summed E-state index contributed by atoms with van der Waals surface area (Å²) in [5, 5.41) is 4.38. The Morgan fingerprint density at radius 3 is 2.83 bits per heavy atom. The van der Waals surface area contributed by atoms with Crippen LogP contribution in [0.1, 0.15) is 12.8 Å². The zero-order valence-electron chi connectivity index (χ0n) is 12.0. The number of hydrogen-bond donors (Lipinski definition) is 1. The van der Waals surface area contributed by atoms with Crippen LogP contribution in [0.25, 0.3) is 10.2 Å². The Balaban J connectivity index is 1.35. The van der Waals surface area contributed by atoms with E-state index in [-0.39, 0.29) is 6.10 Å². The molecule has 0 aliphatic heterocycles. The number of rotatable bonds is 4. The first-order valence-corrected chi connectivity index (χ1v) is 9.18. The number of aromatic nitrogens is 2. The molecule has 23 heavy (non-hydrogen) atoms. The fourth-order valence-corrected chi connectivity index (χ4v) is 3.90. The van der Waals surface area contributed by atoms with Gasteiger partial charge in [-0.05, 0) is 46.9 Å². The fourth-order valence-electron chi connectivity index (χ4n) is 2.53. The largest absolute Gasteiger partial charge is 0.473 e. The summed E-state index contributed by atoms with van der Waals surface area (Å²) < 4.78 is 21.0. The molecule has 0 radical (unpaired) electrons. The summed E-state index contributed by atoms with van der Waals surface area (Å²) in [6.45, 7) is 0. The van der Waals surface area contributed by atoms with Crippen molar-refractivity contribution in [2.24, 2.45) is 0 Å². The first-order valence-electron chi connectivity index (χ1n) is 7.28. The lowest BCUT2D eigenvalue weighted by atomic mass is 9.89. The van der Waals surface area contributed by atoms with E-state index in [1.807, 2.05) is 18.2 Å². The summed E-state index contributed by atoms with van der Waals surface area (Å²) in [4.78, 5) is 8.38. The maximum atomic E-state index is 13.2. The smallest absolute Gasteiger partial charge is 0.230 e. The molecule has 1 saturated carbocycles. The van der Waals surface area contributed by atoms with Gasteiger partial charge in [-0.3, -0.25) is 0 Å². The zero-order valence-corrected chi connectivity index (χ0v) is 15.0. The van der Waals surface area contributed by atoms with E-state index in [4.69, 9.17) is 4.74 Å². The van der Waals surface area contributed by atoms with Gasteiger partial charge in [0.05, 0.1) is 13.8 Å². The summed E-state index contributed by atoms with van der Waals surface area (Å²) in [5.74, 6) is -0.127. The van der Waals surface area contributed by atoms with Crippen molar-refractivity contribution < 1.29 is 9.13 Å². The van der Waals surface area contributed by atoms with E-state index in [0.717, 1.165) is 27.1 Å². The van der Waals surface area contributed by atoms with Crippen molar-refractivity contribution >= 4 is 49.3 Å². The average molecular weight is 441 g/mol. The molecule has 2 heterocycles. The Kier molecular flexibility index (Phi) is 4.06. The number of ether oxygens (including phenoxy) is 1. The molecule has 7 heteroatoms. The third-order valence-corrected chi connectivity index (χ3v) is 5.56. The van der Waals surface area contributed by atoms with Crippen LogP contribution in [0.2, 0.25) is 0 Å². The summed E-state index contributed by atoms with van der Waals surface area (Å²) in [7, 11) is 0. The number of thiazole rings is 1. The molecule has 0 spiro atoms. The minimum absolute atomic E-state index is 0.0738. The summed E-state index contributed by atoms with van der Waals surface area (Å²) in [6, 6.07) is 11.5. The molecule has 1 N–H and O–H groups in total. The van der Waals surface area contributed by atoms with Crippen molar-refractivity contribution in [3.8, 4) is 5.88 Å². The Bertz CT molecular complexity index is 817. The van der Waals surface area contributed by atoms with Crippen molar-refractivity contribution in [1.29, 1.82) is 0 Å². The molecule has 3 aromatic rings. The number of anilines is 1. The first-order chi connectivity index (χ1) is 11.2. The molecule has 1 aliphatic rings. The van der Waals surface area contributed by atoms with Crippen molar-refractivity contribution in [2.75, 3.05) is 5.32 Å². The molecule has 0 amide bonds. The van der Waals surface area contributed by atoms with Crippen LogP contribution in [0.4, 0.5) is 9.52 Å². The van der Waals surface area contributed by atoms with Crippen LogP contribution in [0.15, 0.2) is 36.4 Å². The lowest BCUT2D eigenvalue weighted by Crippen LogP contribution is -2.42. The molecule has 1 aromatic carbocycles. The van der Waals surface area contributed by atoms with Crippen LogP contribution in [0.5, 0.6) is 5.88 Å². The molecule has 4 nitrogen and oxygen atoms in total. The van der Waals surface area contributed by atoms with Crippen LogP contribution < -0.4 is 10.1 Å². The second-order valence-electron chi connectivity index (χ2n) is 5.46. The van der Waals surface area contributed by atoms with Crippen molar-refractivity contribution in [1.82, 2.24) is 9.97 Å². The van der Waals surface area contributed by atoms with Crippen molar-refractivity contribution in [3.63, 3.8) is 0 Å². The van der Waals surface area contributed by atoms with E-state index in [9.17, 15) is 4.39 Å². The van der Waals surface area contributed by atoms with Gasteiger partial charge in [0.25, 0.3) is 0 Å². The number of nitrogens with one attached hydrogen (secondary N) is 1. The van der Waals surface area contributed by atoms with E-state index in [2.05, 4.69) is 43.9 Å². The van der Waals surface area contributed by atoms with Gasteiger partial charge < -0.3 is 10.1 Å². The Morgan fingerprint density at radius 2 is 2.00 bits per heavy atom. The maximum absolute atomic E-state index is 13.2. The molecular weight excluding hydrogens is 428 g/mol. The highest BCUT2D eigenvalue weighted by molar-refractivity contribution is 14.1. The quantitative estimate of drug-likeness (QED) is 0.480. The second kappa shape index (κ2) is 6.20. The molecule has 4 rings (SSSR count). The third kappa shape index (κ3) is 3.25. The van der Waals surface area contributed by atoms with E-state index >= 15 is 0 Å². The minimum Gasteiger partial charge on any atom is -0.473 e. The molecule has 2 aromatic heterocycles. The number of hydrogen-bond acceptors (Lipinski definition) is 5. The van der Waals surface area contributed by atoms with Gasteiger partial charge in [0, 0.05) is 18.9 Å². The number of nitrogens with zero attached hydrogens (tertiary/aromatic N) is 2. The number of halogens is 2. The highest BCUT2D eigenvalue weighted by atomic mass is 127. The predicted molar refractivity (Wildman–Crippen MR) is 97.6 cm³/mol. The van der Waals surface area contributed by atoms with Crippen LogP contribution in [0, 0.1) is 9.52 Å². The standard InChI is InChI=1S/C16H13FIN3OS/c17-14-6-5-11(18)15(21-14)22-10-7-9(8-10)19-16-20-12-3-1-2-4-13(12)23-16/h1-6,9-10H,7-8H2,(H,19,20). The summed E-state index contributed by atoms with van der Waals surface area (Å²) in [5.41, 5.74) is 1.02. The normalized spacial score (nSPS) is 20.3.